The molecule has 4 rings (SSSR count). The molecule has 2 aromatic carbocycles. The molecule has 0 radical (unpaired) electrons. The average molecular weight is 462 g/mol. The van der Waals surface area contributed by atoms with E-state index in [0.29, 0.717) is 0 Å². The Kier molecular flexibility index (Phi) is 5.80. The maximum Gasteiger partial charge on any atom is 0.239 e. The Morgan fingerprint density at radius 2 is 1.61 bits per heavy atom. The molecule has 0 aliphatic carbocycles. The van der Waals surface area contributed by atoms with Gasteiger partial charge in [-0.2, -0.15) is 0 Å². The third-order valence-corrected chi connectivity index (χ3v) is 5.43. The van der Waals surface area contributed by atoms with E-state index >= 15 is 0 Å². The first-order valence-electron chi connectivity index (χ1n) is 9.89. The highest BCUT2D eigenvalue weighted by Crippen LogP contribution is 2.43. The van der Waals surface area contributed by atoms with Crippen molar-refractivity contribution in [2.45, 2.75) is 37.6 Å². The van der Waals surface area contributed by atoms with E-state index < -0.39 is 53.4 Å². The highest BCUT2D eigenvalue weighted by atomic mass is 16.7. The second-order valence-corrected chi connectivity index (χ2v) is 7.59. The van der Waals surface area contributed by atoms with Gasteiger partial charge in [-0.05, 0) is 31.2 Å². The standard InChI is InChI=1S/C22H22O11/c1-8-14(25)17(28)18(29)22(31-8)33-21-16(27)13-12(7-11(24)20(30-2)15(13)26)32-19(21)9-3-5-10(23)6-4-9/h3-8,14,17-18,22-26,28-29H,1-2H3/t8-,14-,17+,18+,22-/m0/s1. The summed E-state index contributed by atoms with van der Waals surface area (Å²) < 4.78 is 21.8. The molecular formula is C22H22O11. The average Bonchev–Trinajstić information content (AvgIpc) is 2.78. The van der Waals surface area contributed by atoms with Crippen LogP contribution in [0.2, 0.25) is 0 Å². The number of hydrogen-bond acceptors (Lipinski definition) is 11. The van der Waals surface area contributed by atoms with Gasteiger partial charge in [-0.15, -0.1) is 0 Å². The van der Waals surface area contributed by atoms with Crippen molar-refractivity contribution in [1.82, 2.24) is 0 Å². The molecule has 0 bridgehead atoms. The van der Waals surface area contributed by atoms with Crippen LogP contribution in [0.4, 0.5) is 0 Å². The fourth-order valence-corrected chi connectivity index (χ4v) is 3.62. The van der Waals surface area contributed by atoms with Gasteiger partial charge in [-0.1, -0.05) is 0 Å². The minimum atomic E-state index is -1.72. The second-order valence-electron chi connectivity index (χ2n) is 7.59. The fourth-order valence-electron chi connectivity index (χ4n) is 3.62. The Hall–Kier alpha value is -3.51. The summed E-state index contributed by atoms with van der Waals surface area (Å²) in [4.78, 5) is 13.4. The molecule has 2 heterocycles. The van der Waals surface area contributed by atoms with Gasteiger partial charge in [0.2, 0.25) is 23.2 Å². The quantitative estimate of drug-likeness (QED) is 0.323. The van der Waals surface area contributed by atoms with E-state index in [4.69, 9.17) is 18.6 Å². The molecule has 0 amide bonds. The topological polar surface area (TPSA) is 179 Å². The van der Waals surface area contributed by atoms with E-state index in [-0.39, 0.29) is 33.8 Å². The Morgan fingerprint density at radius 3 is 2.24 bits per heavy atom. The van der Waals surface area contributed by atoms with Crippen LogP contribution >= 0.6 is 0 Å². The van der Waals surface area contributed by atoms with Crippen LogP contribution in [-0.2, 0) is 4.74 Å². The third-order valence-electron chi connectivity index (χ3n) is 5.43. The number of methoxy groups -OCH3 is 1. The zero-order valence-corrected chi connectivity index (χ0v) is 17.5. The lowest BCUT2D eigenvalue weighted by atomic mass is 10.00. The van der Waals surface area contributed by atoms with Crippen LogP contribution in [-0.4, -0.2) is 68.5 Å². The molecule has 11 nitrogen and oxygen atoms in total. The van der Waals surface area contributed by atoms with Crippen molar-refractivity contribution in [2.75, 3.05) is 7.11 Å². The normalized spacial score (nSPS) is 25.2. The van der Waals surface area contributed by atoms with E-state index in [1.54, 1.807) is 0 Å². The fraction of sp³-hybridized carbons (Fsp3) is 0.318. The minimum Gasteiger partial charge on any atom is -0.508 e. The van der Waals surface area contributed by atoms with E-state index in [1.807, 2.05) is 0 Å². The summed E-state index contributed by atoms with van der Waals surface area (Å²) in [5.74, 6) is -2.25. The lowest BCUT2D eigenvalue weighted by Crippen LogP contribution is -2.58. The minimum absolute atomic E-state index is 0.0543. The number of phenols is 3. The van der Waals surface area contributed by atoms with Gasteiger partial charge in [0.25, 0.3) is 0 Å². The number of fused-ring (bicyclic) bond motifs is 1. The lowest BCUT2D eigenvalue weighted by Gasteiger charge is -2.38. The Bertz CT molecular complexity index is 1230. The Labute approximate surface area is 186 Å². The van der Waals surface area contributed by atoms with Gasteiger partial charge in [-0.3, -0.25) is 4.79 Å². The number of aliphatic hydroxyl groups is 3. The van der Waals surface area contributed by atoms with Gasteiger partial charge in [0.15, 0.2) is 17.3 Å². The molecule has 0 spiro atoms. The predicted octanol–water partition coefficient (Wildman–Crippen LogP) is 0.792. The van der Waals surface area contributed by atoms with Crippen molar-refractivity contribution >= 4 is 11.0 Å². The number of ether oxygens (including phenoxy) is 3. The van der Waals surface area contributed by atoms with Crippen molar-refractivity contribution in [2.24, 2.45) is 0 Å². The van der Waals surface area contributed by atoms with Crippen molar-refractivity contribution in [3.63, 3.8) is 0 Å². The Morgan fingerprint density at radius 1 is 0.939 bits per heavy atom. The molecule has 11 heteroatoms. The van der Waals surface area contributed by atoms with Gasteiger partial charge >= 0.3 is 0 Å². The first-order valence-corrected chi connectivity index (χ1v) is 9.89. The molecular weight excluding hydrogens is 440 g/mol. The van der Waals surface area contributed by atoms with Crippen LogP contribution in [0.3, 0.4) is 0 Å². The monoisotopic (exact) mass is 462 g/mol. The molecule has 176 valence electrons. The predicted molar refractivity (Wildman–Crippen MR) is 112 cm³/mol. The summed E-state index contributed by atoms with van der Waals surface area (Å²) in [6.45, 7) is 1.44. The molecule has 1 aliphatic heterocycles. The molecule has 33 heavy (non-hydrogen) atoms. The van der Waals surface area contributed by atoms with Gasteiger partial charge in [0, 0.05) is 11.6 Å². The van der Waals surface area contributed by atoms with Crippen LogP contribution in [0.25, 0.3) is 22.3 Å². The van der Waals surface area contributed by atoms with Crippen molar-refractivity contribution in [3.05, 3.63) is 40.6 Å². The number of aliphatic hydroxyl groups excluding tert-OH is 3. The van der Waals surface area contributed by atoms with E-state index in [1.165, 1.54) is 38.3 Å². The summed E-state index contributed by atoms with van der Waals surface area (Å²) in [6, 6.07) is 6.60. The molecule has 1 fully saturated rings. The smallest absolute Gasteiger partial charge is 0.239 e. The van der Waals surface area contributed by atoms with Crippen LogP contribution < -0.4 is 14.9 Å². The van der Waals surface area contributed by atoms with Crippen molar-refractivity contribution < 1.29 is 49.3 Å². The number of hydrogen-bond donors (Lipinski definition) is 6. The van der Waals surface area contributed by atoms with Gasteiger partial charge in [0.1, 0.15) is 35.0 Å². The van der Waals surface area contributed by atoms with Gasteiger partial charge < -0.3 is 49.3 Å². The molecule has 0 unspecified atom stereocenters. The summed E-state index contributed by atoms with van der Waals surface area (Å²) in [6.07, 6.45) is -7.24. The van der Waals surface area contributed by atoms with Crippen LogP contribution in [0.5, 0.6) is 28.7 Å². The molecule has 0 saturated carbocycles. The number of benzene rings is 2. The van der Waals surface area contributed by atoms with E-state index in [2.05, 4.69) is 0 Å². The van der Waals surface area contributed by atoms with E-state index in [0.717, 1.165) is 6.07 Å². The summed E-state index contributed by atoms with van der Waals surface area (Å²) in [7, 11) is 1.19. The summed E-state index contributed by atoms with van der Waals surface area (Å²) in [5, 5.41) is 60.2. The van der Waals surface area contributed by atoms with Crippen molar-refractivity contribution in [1.29, 1.82) is 0 Å². The van der Waals surface area contributed by atoms with Crippen LogP contribution in [0.1, 0.15) is 6.92 Å². The number of rotatable bonds is 4. The molecule has 5 atom stereocenters. The lowest BCUT2D eigenvalue weighted by molar-refractivity contribution is -0.268. The molecule has 1 aliphatic rings. The second kappa shape index (κ2) is 8.45. The zero-order chi connectivity index (χ0) is 24.0. The Balaban J connectivity index is 1.94. The SMILES string of the molecule is COc1c(O)cc2oc(-c3ccc(O)cc3)c(O[C@@H]3O[C@@H](C)[C@H](O)[C@@H](O)[C@H]3O)c(=O)c2c1O. The maximum atomic E-state index is 13.4. The van der Waals surface area contributed by atoms with Crippen LogP contribution in [0, 0.1) is 0 Å². The van der Waals surface area contributed by atoms with Crippen LogP contribution in [0.15, 0.2) is 39.5 Å². The maximum absolute atomic E-state index is 13.4. The third kappa shape index (κ3) is 3.80. The molecule has 6 N–H and O–H groups in total. The summed E-state index contributed by atoms with van der Waals surface area (Å²) in [5.41, 5.74) is -0.810. The first-order chi connectivity index (χ1) is 15.6. The van der Waals surface area contributed by atoms with Crippen molar-refractivity contribution in [3.8, 4) is 40.1 Å². The molecule has 1 aromatic heterocycles. The molecule has 3 aromatic rings. The number of phenolic OH excluding ortho intramolecular Hbond substituents is 3. The largest absolute Gasteiger partial charge is 0.508 e. The zero-order valence-electron chi connectivity index (χ0n) is 17.5. The first kappa shape index (κ1) is 22.7. The summed E-state index contributed by atoms with van der Waals surface area (Å²) >= 11 is 0. The number of aromatic hydroxyl groups is 3. The van der Waals surface area contributed by atoms with Gasteiger partial charge in [-0.25, -0.2) is 0 Å². The highest BCUT2D eigenvalue weighted by Gasteiger charge is 2.44. The highest BCUT2D eigenvalue weighted by molar-refractivity contribution is 5.91. The molecule has 1 saturated heterocycles. The van der Waals surface area contributed by atoms with E-state index in [9.17, 15) is 35.4 Å². The van der Waals surface area contributed by atoms with Gasteiger partial charge in [0.05, 0.1) is 13.2 Å².